The number of aryl methyl sites for hydroxylation is 1. The summed E-state index contributed by atoms with van der Waals surface area (Å²) in [5.41, 5.74) is 1.89. The molecule has 0 saturated heterocycles. The minimum absolute atomic E-state index is 0.149. The molecular formula is C22H24ClNO3. The topological polar surface area (TPSA) is 59.2 Å². The van der Waals surface area contributed by atoms with Gasteiger partial charge in [-0.2, -0.15) is 0 Å². The number of H-pyrrole nitrogens is 1. The SMILES string of the molecule is Cc1[nH]c2ccccc2c1C(=O)COC(=O)C12C[C@@H]3C[C@@H](CC(Cl)(C3)C1)C2. The van der Waals surface area contributed by atoms with Gasteiger partial charge in [-0.3, -0.25) is 9.59 Å². The fourth-order valence-corrected chi connectivity index (χ4v) is 7.07. The van der Waals surface area contributed by atoms with Gasteiger partial charge in [0, 0.05) is 27.0 Å². The lowest BCUT2D eigenvalue weighted by atomic mass is 9.49. The van der Waals surface area contributed by atoms with Crippen molar-refractivity contribution in [3.8, 4) is 0 Å². The molecule has 4 nitrogen and oxygen atoms in total. The molecule has 0 amide bonds. The molecule has 4 aliphatic carbocycles. The Labute approximate surface area is 163 Å². The summed E-state index contributed by atoms with van der Waals surface area (Å²) >= 11 is 6.82. The number of aromatic amines is 1. The molecule has 2 unspecified atom stereocenters. The van der Waals surface area contributed by atoms with Gasteiger partial charge < -0.3 is 9.72 Å². The summed E-state index contributed by atoms with van der Waals surface area (Å²) in [6.45, 7) is 1.68. The Hall–Kier alpha value is -1.81. The number of benzene rings is 1. The average molecular weight is 386 g/mol. The third-order valence-electron chi connectivity index (χ3n) is 6.93. The summed E-state index contributed by atoms with van der Waals surface area (Å²) in [6, 6.07) is 7.71. The van der Waals surface area contributed by atoms with Gasteiger partial charge in [0.05, 0.1) is 5.41 Å². The monoisotopic (exact) mass is 385 g/mol. The Balaban J connectivity index is 1.33. The van der Waals surface area contributed by atoms with Crippen LogP contribution in [0.3, 0.4) is 0 Å². The highest BCUT2D eigenvalue weighted by atomic mass is 35.5. The van der Waals surface area contributed by atoms with Crippen LogP contribution < -0.4 is 0 Å². The number of fused-ring (bicyclic) bond motifs is 1. The molecule has 4 aliphatic rings. The molecule has 4 saturated carbocycles. The Kier molecular flexibility index (Phi) is 3.74. The summed E-state index contributed by atoms with van der Waals surface area (Å²) in [6.07, 6.45) is 5.68. The number of aromatic nitrogens is 1. The van der Waals surface area contributed by atoms with Crippen LogP contribution in [0.4, 0.5) is 0 Å². The Morgan fingerprint density at radius 1 is 1.19 bits per heavy atom. The van der Waals surface area contributed by atoms with Crippen LogP contribution in [0.5, 0.6) is 0 Å². The van der Waals surface area contributed by atoms with Gasteiger partial charge in [-0.05, 0) is 63.4 Å². The van der Waals surface area contributed by atoms with Gasteiger partial charge in [0.2, 0.25) is 5.78 Å². The van der Waals surface area contributed by atoms with Gasteiger partial charge in [-0.1, -0.05) is 18.2 Å². The molecule has 5 heteroatoms. The first-order valence-electron chi connectivity index (χ1n) is 9.84. The standard InChI is InChI=1S/C22H24ClNO3/c1-13-19(16-4-2-3-5-17(16)24-13)18(25)11-27-20(26)21-7-14-6-15(8-21)10-22(23,9-14)12-21/h2-5,14-15,24H,6-12H2,1H3/t14-,15+,21?,22?. The zero-order chi connectivity index (χ0) is 18.8. The number of para-hydroxylation sites is 1. The minimum atomic E-state index is -0.471. The molecule has 142 valence electrons. The van der Waals surface area contributed by atoms with E-state index in [4.69, 9.17) is 16.3 Å². The first-order valence-corrected chi connectivity index (χ1v) is 10.2. The van der Waals surface area contributed by atoms with Gasteiger partial charge >= 0.3 is 5.97 Å². The van der Waals surface area contributed by atoms with Crippen molar-refractivity contribution < 1.29 is 14.3 Å². The Morgan fingerprint density at radius 3 is 2.59 bits per heavy atom. The predicted molar refractivity (Wildman–Crippen MR) is 104 cm³/mol. The third-order valence-corrected chi connectivity index (χ3v) is 7.37. The number of Topliss-reactive ketones (excluding diaryl/α,β-unsaturated/α-hetero) is 1. The summed E-state index contributed by atoms with van der Waals surface area (Å²) < 4.78 is 5.60. The van der Waals surface area contributed by atoms with Crippen LogP contribution in [0.25, 0.3) is 10.9 Å². The van der Waals surface area contributed by atoms with Gasteiger partial charge in [0.25, 0.3) is 0 Å². The number of rotatable bonds is 4. The van der Waals surface area contributed by atoms with Crippen molar-refractivity contribution in [2.75, 3.05) is 6.61 Å². The number of ketones is 1. The number of ether oxygens (including phenoxy) is 1. The van der Waals surface area contributed by atoms with E-state index in [2.05, 4.69) is 4.98 Å². The lowest BCUT2D eigenvalue weighted by molar-refractivity contribution is -0.168. The second kappa shape index (κ2) is 5.84. The molecule has 1 N–H and O–H groups in total. The lowest BCUT2D eigenvalue weighted by Gasteiger charge is -2.58. The van der Waals surface area contributed by atoms with E-state index < -0.39 is 5.41 Å². The van der Waals surface area contributed by atoms with Crippen molar-refractivity contribution in [3.63, 3.8) is 0 Å². The quantitative estimate of drug-likeness (QED) is 0.468. The van der Waals surface area contributed by atoms with Crippen molar-refractivity contribution in [3.05, 3.63) is 35.5 Å². The number of nitrogens with one attached hydrogen (secondary N) is 1. The maximum Gasteiger partial charge on any atom is 0.312 e. The fourth-order valence-electron chi connectivity index (χ4n) is 6.38. The normalized spacial score (nSPS) is 34.1. The maximum atomic E-state index is 13.0. The van der Waals surface area contributed by atoms with Crippen LogP contribution in [-0.2, 0) is 9.53 Å². The zero-order valence-electron chi connectivity index (χ0n) is 15.5. The molecule has 0 aliphatic heterocycles. The molecule has 4 atom stereocenters. The van der Waals surface area contributed by atoms with Crippen molar-refractivity contribution in [2.24, 2.45) is 17.3 Å². The second-order valence-electron chi connectivity index (χ2n) is 9.06. The molecule has 6 rings (SSSR count). The lowest BCUT2D eigenvalue weighted by Crippen LogP contribution is -2.56. The van der Waals surface area contributed by atoms with Crippen LogP contribution >= 0.6 is 11.6 Å². The second-order valence-corrected chi connectivity index (χ2v) is 9.86. The molecule has 4 bridgehead atoms. The smallest absolute Gasteiger partial charge is 0.312 e. The van der Waals surface area contributed by atoms with Gasteiger partial charge in [-0.15, -0.1) is 11.6 Å². The third kappa shape index (κ3) is 2.72. The first kappa shape index (κ1) is 17.3. The summed E-state index contributed by atoms with van der Waals surface area (Å²) in [5, 5.41) is 0.880. The molecule has 1 aromatic carbocycles. The molecule has 27 heavy (non-hydrogen) atoms. The number of hydrogen-bond acceptors (Lipinski definition) is 3. The average Bonchev–Trinajstić information content (AvgIpc) is 2.93. The van der Waals surface area contributed by atoms with Gasteiger partial charge in [0.15, 0.2) is 6.61 Å². The van der Waals surface area contributed by atoms with Crippen LogP contribution in [-0.4, -0.2) is 28.2 Å². The Morgan fingerprint density at radius 2 is 1.89 bits per heavy atom. The number of esters is 1. The molecule has 1 heterocycles. The van der Waals surface area contributed by atoms with E-state index in [1.54, 1.807) is 0 Å². The van der Waals surface area contributed by atoms with Gasteiger partial charge in [-0.25, -0.2) is 0 Å². The van der Waals surface area contributed by atoms with E-state index >= 15 is 0 Å². The predicted octanol–water partition coefficient (Wildman–Crippen LogP) is 4.78. The van der Waals surface area contributed by atoms with Crippen molar-refractivity contribution in [2.45, 2.75) is 50.3 Å². The van der Waals surface area contributed by atoms with Crippen LogP contribution in [0.1, 0.15) is 54.6 Å². The highest BCUT2D eigenvalue weighted by Gasteiger charge is 2.60. The van der Waals surface area contributed by atoms with Crippen LogP contribution in [0, 0.1) is 24.2 Å². The van der Waals surface area contributed by atoms with E-state index in [9.17, 15) is 9.59 Å². The summed E-state index contributed by atoms with van der Waals surface area (Å²) in [5.74, 6) is 0.696. The van der Waals surface area contributed by atoms with Crippen molar-refractivity contribution in [1.29, 1.82) is 0 Å². The highest BCUT2D eigenvalue weighted by Crippen LogP contribution is 2.64. The fraction of sp³-hybridized carbons (Fsp3) is 0.545. The first-order chi connectivity index (χ1) is 12.9. The Bertz CT molecular complexity index is 932. The van der Waals surface area contributed by atoms with Crippen molar-refractivity contribution >= 4 is 34.3 Å². The van der Waals surface area contributed by atoms with Crippen LogP contribution in [0.2, 0.25) is 0 Å². The highest BCUT2D eigenvalue weighted by molar-refractivity contribution is 6.24. The van der Waals surface area contributed by atoms with E-state index in [1.807, 2.05) is 31.2 Å². The minimum Gasteiger partial charge on any atom is -0.457 e. The number of carbonyl (C=O) groups is 2. The van der Waals surface area contributed by atoms with Gasteiger partial charge in [0.1, 0.15) is 0 Å². The van der Waals surface area contributed by atoms with Crippen LogP contribution in [0.15, 0.2) is 24.3 Å². The molecule has 0 radical (unpaired) electrons. The van der Waals surface area contributed by atoms with E-state index in [1.165, 1.54) is 6.42 Å². The number of carbonyl (C=O) groups excluding carboxylic acids is 2. The number of halogens is 1. The zero-order valence-corrected chi connectivity index (χ0v) is 16.3. The maximum absolute atomic E-state index is 13.0. The molecular weight excluding hydrogens is 362 g/mol. The molecule has 2 aromatic rings. The summed E-state index contributed by atoms with van der Waals surface area (Å²) in [7, 11) is 0. The van der Waals surface area contributed by atoms with Crippen molar-refractivity contribution in [1.82, 2.24) is 4.98 Å². The molecule has 4 fully saturated rings. The molecule has 0 spiro atoms. The van der Waals surface area contributed by atoms with E-state index in [0.717, 1.165) is 42.3 Å². The largest absolute Gasteiger partial charge is 0.457 e. The van der Waals surface area contributed by atoms with E-state index in [0.29, 0.717) is 23.8 Å². The number of hydrogen-bond donors (Lipinski definition) is 1. The molecule has 1 aromatic heterocycles. The van der Waals surface area contributed by atoms with E-state index in [-0.39, 0.29) is 23.2 Å². The number of alkyl halides is 1. The summed E-state index contributed by atoms with van der Waals surface area (Å²) in [4.78, 5) is 28.8.